The highest BCUT2D eigenvalue weighted by molar-refractivity contribution is 7.89. The molecule has 0 aliphatic carbocycles. The number of ether oxygens (including phenoxy) is 1. The molecular formula is C14H15F3N6O3S2. The molecular weight excluding hydrogens is 421 g/mol. The fourth-order valence-electron chi connectivity index (χ4n) is 2.33. The first-order chi connectivity index (χ1) is 13.4. The smallest absolute Gasteiger partial charge is 0.345 e. The summed E-state index contributed by atoms with van der Waals surface area (Å²) in [4.78, 5) is 1.91. The first kappa shape index (κ1) is 20.6. The Morgan fingerprint density at radius 3 is 2.61 bits per heavy atom. The van der Waals surface area contributed by atoms with Gasteiger partial charge in [0, 0.05) is 18.8 Å². The van der Waals surface area contributed by atoms with Crippen molar-refractivity contribution in [2.24, 2.45) is 14.6 Å². The van der Waals surface area contributed by atoms with E-state index in [1.807, 2.05) is 4.90 Å². The molecule has 0 saturated carbocycles. The molecule has 9 nitrogen and oxygen atoms in total. The molecule has 1 aromatic carbocycles. The SMILES string of the molecule is Cc1nnc(N=Nc2ccc(N3CCOCC3)cc2N=S(=O)(OF)C(F)F)s1. The van der Waals surface area contributed by atoms with Gasteiger partial charge in [-0.3, -0.25) is 0 Å². The number of morpholine rings is 1. The molecule has 1 saturated heterocycles. The highest BCUT2D eigenvalue weighted by atomic mass is 32.2. The van der Waals surface area contributed by atoms with E-state index in [4.69, 9.17) is 4.74 Å². The molecule has 0 bridgehead atoms. The molecule has 0 amide bonds. The van der Waals surface area contributed by atoms with Crippen molar-refractivity contribution in [3.8, 4) is 0 Å². The van der Waals surface area contributed by atoms with E-state index in [9.17, 15) is 17.5 Å². The highest BCUT2D eigenvalue weighted by Crippen LogP contribution is 2.36. The molecule has 152 valence electrons. The van der Waals surface area contributed by atoms with E-state index in [-0.39, 0.29) is 16.5 Å². The first-order valence-corrected chi connectivity index (χ1v) is 10.3. The number of alkyl halides is 2. The average molecular weight is 436 g/mol. The summed E-state index contributed by atoms with van der Waals surface area (Å²) < 4.78 is 62.0. The minimum absolute atomic E-state index is 0.00436. The fourth-order valence-corrected chi connectivity index (χ4v) is 3.42. The van der Waals surface area contributed by atoms with Crippen molar-refractivity contribution in [2.45, 2.75) is 12.7 Å². The lowest BCUT2D eigenvalue weighted by Gasteiger charge is -2.29. The number of azo groups is 1. The highest BCUT2D eigenvalue weighted by Gasteiger charge is 2.26. The maximum atomic E-state index is 13.0. The Hall–Kier alpha value is -2.16. The van der Waals surface area contributed by atoms with E-state index in [1.54, 1.807) is 13.0 Å². The van der Waals surface area contributed by atoms with Crippen molar-refractivity contribution < 1.29 is 26.6 Å². The van der Waals surface area contributed by atoms with Gasteiger partial charge in [0.25, 0.3) is 15.1 Å². The van der Waals surface area contributed by atoms with E-state index >= 15 is 0 Å². The largest absolute Gasteiger partial charge is 0.378 e. The maximum absolute atomic E-state index is 13.0. The lowest BCUT2D eigenvalue weighted by atomic mass is 10.2. The van der Waals surface area contributed by atoms with Gasteiger partial charge in [-0.1, -0.05) is 15.7 Å². The van der Waals surface area contributed by atoms with E-state index < -0.39 is 15.8 Å². The Balaban J connectivity index is 2.03. The van der Waals surface area contributed by atoms with Crippen LogP contribution in [0.4, 0.5) is 35.5 Å². The monoisotopic (exact) mass is 436 g/mol. The number of hydrogen-bond acceptors (Lipinski definition) is 10. The number of halogens is 3. The summed E-state index contributed by atoms with van der Waals surface area (Å²) in [5.74, 6) is -3.65. The van der Waals surface area contributed by atoms with Gasteiger partial charge in [-0.05, 0) is 29.6 Å². The van der Waals surface area contributed by atoms with Gasteiger partial charge in [-0.15, -0.1) is 20.4 Å². The van der Waals surface area contributed by atoms with Crippen LogP contribution in [0.3, 0.4) is 0 Å². The van der Waals surface area contributed by atoms with Crippen LogP contribution in [0.5, 0.6) is 0 Å². The van der Waals surface area contributed by atoms with Crippen LogP contribution >= 0.6 is 11.3 Å². The molecule has 3 rings (SSSR count). The number of rotatable bonds is 6. The number of aryl methyl sites for hydroxylation is 1. The van der Waals surface area contributed by atoms with E-state index in [2.05, 4.69) is 29.2 Å². The second-order valence-corrected chi connectivity index (χ2v) is 8.36. The van der Waals surface area contributed by atoms with Crippen LogP contribution < -0.4 is 4.90 Å². The predicted octanol–water partition coefficient (Wildman–Crippen LogP) is 4.24. The predicted molar refractivity (Wildman–Crippen MR) is 96.7 cm³/mol. The van der Waals surface area contributed by atoms with E-state index in [0.29, 0.717) is 37.0 Å². The standard InChI is InChI=1S/C14H15F3N6O3S2/c1-9-18-20-14(27-9)21-19-11-3-2-10(23-4-6-25-7-5-23)8-12(11)22-28(24,26-17)13(15)16/h2-3,8,13H,4-7H2,1H3. The second-order valence-electron chi connectivity index (χ2n) is 5.51. The van der Waals surface area contributed by atoms with Crippen LogP contribution in [-0.4, -0.2) is 46.5 Å². The number of nitrogens with zero attached hydrogens (tertiary/aromatic N) is 6. The molecule has 1 atom stereocenters. The maximum Gasteiger partial charge on any atom is 0.345 e. The van der Waals surface area contributed by atoms with Gasteiger partial charge in [-0.2, -0.15) is 13.1 Å². The van der Waals surface area contributed by atoms with Crippen molar-refractivity contribution in [3.63, 3.8) is 0 Å². The van der Waals surface area contributed by atoms with Gasteiger partial charge in [0.1, 0.15) is 16.4 Å². The molecule has 2 heterocycles. The van der Waals surface area contributed by atoms with E-state index in [1.165, 1.54) is 12.1 Å². The first-order valence-electron chi connectivity index (χ1n) is 7.94. The quantitative estimate of drug-likeness (QED) is 0.628. The van der Waals surface area contributed by atoms with Crippen molar-refractivity contribution in [1.82, 2.24) is 10.2 Å². The van der Waals surface area contributed by atoms with Gasteiger partial charge in [-0.25, -0.2) is 4.21 Å². The zero-order valence-corrected chi connectivity index (χ0v) is 16.1. The van der Waals surface area contributed by atoms with E-state index in [0.717, 1.165) is 11.3 Å². The number of aromatic nitrogens is 2. The minimum atomic E-state index is -4.89. The Labute approximate surface area is 162 Å². The van der Waals surface area contributed by atoms with Crippen LogP contribution in [0.1, 0.15) is 5.01 Å². The molecule has 2 aromatic rings. The van der Waals surface area contributed by atoms with Crippen LogP contribution in [0.25, 0.3) is 0 Å². The zero-order chi connectivity index (χ0) is 20.1. The van der Waals surface area contributed by atoms with Gasteiger partial charge < -0.3 is 9.64 Å². The zero-order valence-electron chi connectivity index (χ0n) is 14.5. The van der Waals surface area contributed by atoms with Gasteiger partial charge in [0.15, 0.2) is 0 Å². The summed E-state index contributed by atoms with van der Waals surface area (Å²) in [6, 6.07) is 4.49. The Bertz CT molecular complexity index is 971. The van der Waals surface area contributed by atoms with Crippen LogP contribution in [0, 0.1) is 6.92 Å². The molecule has 0 N–H and O–H groups in total. The Morgan fingerprint density at radius 2 is 2.00 bits per heavy atom. The summed E-state index contributed by atoms with van der Waals surface area (Å²) in [5, 5.41) is 16.2. The van der Waals surface area contributed by atoms with Crippen LogP contribution in [-0.2, 0) is 19.1 Å². The Morgan fingerprint density at radius 1 is 1.25 bits per heavy atom. The summed E-state index contributed by atoms with van der Waals surface area (Å²) in [6.45, 7) is 3.84. The molecule has 1 aromatic heterocycles. The number of benzene rings is 1. The third-order valence-corrected chi connectivity index (χ3v) is 5.44. The molecule has 1 fully saturated rings. The van der Waals surface area contributed by atoms with Gasteiger partial charge in [0.2, 0.25) is 0 Å². The summed E-state index contributed by atoms with van der Waals surface area (Å²) in [6.07, 6.45) is 0. The molecule has 1 aliphatic rings. The summed E-state index contributed by atoms with van der Waals surface area (Å²) in [5.41, 5.74) is 0.342. The molecule has 1 aliphatic heterocycles. The normalized spacial score (nSPS) is 17.2. The molecule has 28 heavy (non-hydrogen) atoms. The molecule has 0 radical (unpaired) electrons. The van der Waals surface area contributed by atoms with Gasteiger partial charge >= 0.3 is 5.76 Å². The topological polar surface area (TPSA) is 102 Å². The number of hydrogen-bond donors (Lipinski definition) is 0. The lowest BCUT2D eigenvalue weighted by Crippen LogP contribution is -2.36. The lowest BCUT2D eigenvalue weighted by molar-refractivity contribution is -0.000950. The third kappa shape index (κ3) is 4.81. The van der Waals surface area contributed by atoms with Crippen molar-refractivity contribution in [1.29, 1.82) is 0 Å². The van der Waals surface area contributed by atoms with Crippen LogP contribution in [0.2, 0.25) is 0 Å². The van der Waals surface area contributed by atoms with Crippen molar-refractivity contribution >= 4 is 43.5 Å². The fraction of sp³-hybridized carbons (Fsp3) is 0.429. The Kier molecular flexibility index (Phi) is 6.53. The second kappa shape index (κ2) is 8.89. The van der Waals surface area contributed by atoms with Gasteiger partial charge in [0.05, 0.1) is 13.2 Å². The minimum Gasteiger partial charge on any atom is -0.378 e. The molecule has 0 spiro atoms. The molecule has 1 unspecified atom stereocenters. The number of anilines is 1. The van der Waals surface area contributed by atoms with Crippen molar-refractivity contribution in [2.75, 3.05) is 31.2 Å². The third-order valence-electron chi connectivity index (χ3n) is 3.63. The molecule has 14 heteroatoms. The summed E-state index contributed by atoms with van der Waals surface area (Å²) >= 11 is 1.16. The summed E-state index contributed by atoms with van der Waals surface area (Å²) in [7, 11) is -4.89. The van der Waals surface area contributed by atoms with Crippen molar-refractivity contribution in [3.05, 3.63) is 23.2 Å². The average Bonchev–Trinajstić information content (AvgIpc) is 3.12. The van der Waals surface area contributed by atoms with Crippen LogP contribution in [0.15, 0.2) is 32.8 Å².